The molecule has 2 aliphatic rings. The number of imide groups is 1. The molecule has 0 radical (unpaired) electrons. The molecule has 128 valence electrons. The van der Waals surface area contributed by atoms with Gasteiger partial charge in [0.1, 0.15) is 6.04 Å². The fourth-order valence-electron chi connectivity index (χ4n) is 3.78. The number of carbonyl (C=O) groups excluding carboxylic acids is 3. The molecular weight excluding hydrogens is 306 g/mol. The van der Waals surface area contributed by atoms with E-state index in [1.165, 1.54) is 6.42 Å². The van der Waals surface area contributed by atoms with E-state index in [0.29, 0.717) is 23.5 Å². The molecule has 1 aliphatic carbocycles. The van der Waals surface area contributed by atoms with Gasteiger partial charge in [-0.05, 0) is 31.4 Å². The molecule has 1 aromatic rings. The Morgan fingerprint density at radius 2 is 1.71 bits per heavy atom. The molecule has 1 saturated carbocycles. The number of fused-ring (bicyclic) bond motifs is 1. The molecule has 0 N–H and O–H groups in total. The smallest absolute Gasteiger partial charge is 0.329 e. The van der Waals surface area contributed by atoms with Gasteiger partial charge in [-0.25, -0.2) is 4.79 Å². The minimum atomic E-state index is -0.819. The zero-order valence-corrected chi connectivity index (χ0v) is 14.0. The van der Waals surface area contributed by atoms with Gasteiger partial charge < -0.3 is 4.74 Å². The first kappa shape index (κ1) is 16.7. The topological polar surface area (TPSA) is 63.7 Å². The zero-order chi connectivity index (χ0) is 17.1. The predicted octanol–water partition coefficient (Wildman–Crippen LogP) is 3.18. The lowest BCUT2D eigenvalue weighted by Crippen LogP contribution is -2.46. The summed E-state index contributed by atoms with van der Waals surface area (Å²) >= 11 is 0. The molecule has 1 unspecified atom stereocenters. The summed E-state index contributed by atoms with van der Waals surface area (Å²) in [4.78, 5) is 39.0. The van der Waals surface area contributed by atoms with Crippen LogP contribution < -0.4 is 0 Å². The van der Waals surface area contributed by atoms with Gasteiger partial charge >= 0.3 is 5.97 Å². The van der Waals surface area contributed by atoms with E-state index < -0.39 is 12.0 Å². The van der Waals surface area contributed by atoms with E-state index in [1.807, 2.05) is 0 Å². The lowest BCUT2D eigenvalue weighted by molar-refractivity contribution is -0.148. The van der Waals surface area contributed by atoms with Crippen molar-refractivity contribution in [3.05, 3.63) is 35.4 Å². The van der Waals surface area contributed by atoms with Crippen LogP contribution in [0.1, 0.15) is 66.2 Å². The molecule has 1 aliphatic heterocycles. The Morgan fingerprint density at radius 1 is 1.12 bits per heavy atom. The maximum absolute atomic E-state index is 12.7. The summed E-state index contributed by atoms with van der Waals surface area (Å²) in [6.07, 6.45) is 6.08. The number of amides is 2. The number of hydrogen-bond acceptors (Lipinski definition) is 4. The Balaban J connectivity index is 1.86. The van der Waals surface area contributed by atoms with Crippen molar-refractivity contribution in [3.8, 4) is 0 Å². The van der Waals surface area contributed by atoms with Crippen molar-refractivity contribution in [1.82, 2.24) is 4.90 Å². The van der Waals surface area contributed by atoms with Crippen LogP contribution in [-0.4, -0.2) is 35.3 Å². The van der Waals surface area contributed by atoms with E-state index in [-0.39, 0.29) is 18.4 Å². The second kappa shape index (κ2) is 7.16. The Bertz CT molecular complexity index is 614. The molecule has 24 heavy (non-hydrogen) atoms. The number of hydrogen-bond donors (Lipinski definition) is 0. The third kappa shape index (κ3) is 3.07. The Morgan fingerprint density at radius 3 is 2.25 bits per heavy atom. The lowest BCUT2D eigenvalue weighted by Gasteiger charge is -2.29. The summed E-state index contributed by atoms with van der Waals surface area (Å²) in [5.41, 5.74) is 0.751. The summed E-state index contributed by atoms with van der Waals surface area (Å²) in [7, 11) is 0. The molecule has 1 heterocycles. The molecule has 5 nitrogen and oxygen atoms in total. The van der Waals surface area contributed by atoms with Crippen LogP contribution in [0.25, 0.3) is 0 Å². The Kier molecular flexibility index (Phi) is 4.97. The molecule has 5 heteroatoms. The highest BCUT2D eigenvalue weighted by atomic mass is 16.5. The second-order valence-corrected chi connectivity index (χ2v) is 6.53. The number of carbonyl (C=O) groups is 3. The summed E-state index contributed by atoms with van der Waals surface area (Å²) in [5, 5.41) is 0. The van der Waals surface area contributed by atoms with Gasteiger partial charge in [-0.3, -0.25) is 14.5 Å². The average molecular weight is 329 g/mol. The van der Waals surface area contributed by atoms with Gasteiger partial charge in [0, 0.05) is 0 Å². The molecule has 1 fully saturated rings. The Hall–Kier alpha value is -2.17. The SMILES string of the molecule is CCOC(=O)C(CC1CCCCC1)N1C(=O)c2ccccc2C1=O. The predicted molar refractivity (Wildman–Crippen MR) is 88.6 cm³/mol. The number of ether oxygens (including phenoxy) is 1. The zero-order valence-electron chi connectivity index (χ0n) is 14.0. The van der Waals surface area contributed by atoms with Crippen LogP contribution in [-0.2, 0) is 9.53 Å². The van der Waals surface area contributed by atoms with E-state index in [1.54, 1.807) is 31.2 Å². The van der Waals surface area contributed by atoms with Gasteiger partial charge in [0.25, 0.3) is 11.8 Å². The third-order valence-corrected chi connectivity index (χ3v) is 4.98. The van der Waals surface area contributed by atoms with Crippen molar-refractivity contribution >= 4 is 17.8 Å². The highest BCUT2D eigenvalue weighted by Crippen LogP contribution is 2.32. The van der Waals surface area contributed by atoms with E-state index in [2.05, 4.69) is 0 Å². The van der Waals surface area contributed by atoms with Crippen LogP contribution in [0.3, 0.4) is 0 Å². The van der Waals surface area contributed by atoms with E-state index >= 15 is 0 Å². The van der Waals surface area contributed by atoms with Gasteiger partial charge in [0.15, 0.2) is 0 Å². The third-order valence-electron chi connectivity index (χ3n) is 4.98. The molecule has 0 spiro atoms. The van der Waals surface area contributed by atoms with Crippen LogP contribution in [0.4, 0.5) is 0 Å². The van der Waals surface area contributed by atoms with Crippen molar-refractivity contribution in [2.45, 2.75) is 51.5 Å². The highest BCUT2D eigenvalue weighted by molar-refractivity contribution is 6.22. The average Bonchev–Trinajstić information content (AvgIpc) is 2.86. The van der Waals surface area contributed by atoms with Crippen LogP contribution in [0, 0.1) is 5.92 Å². The monoisotopic (exact) mass is 329 g/mol. The van der Waals surface area contributed by atoms with Crippen molar-refractivity contribution in [3.63, 3.8) is 0 Å². The molecular formula is C19H23NO4. The normalized spacial score (nSPS) is 19.3. The van der Waals surface area contributed by atoms with Gasteiger partial charge in [-0.2, -0.15) is 0 Å². The molecule has 1 atom stereocenters. The minimum Gasteiger partial charge on any atom is -0.464 e. The summed E-state index contributed by atoms with van der Waals surface area (Å²) < 4.78 is 5.17. The number of esters is 1. The van der Waals surface area contributed by atoms with Crippen molar-refractivity contribution in [1.29, 1.82) is 0 Å². The van der Waals surface area contributed by atoms with Gasteiger partial charge in [-0.15, -0.1) is 0 Å². The molecule has 3 rings (SSSR count). The summed E-state index contributed by atoms with van der Waals surface area (Å²) in [5.74, 6) is -0.885. The number of nitrogens with zero attached hydrogens (tertiary/aromatic N) is 1. The van der Waals surface area contributed by atoms with Crippen LogP contribution in [0.2, 0.25) is 0 Å². The molecule has 2 amide bonds. The van der Waals surface area contributed by atoms with Gasteiger partial charge in [0.05, 0.1) is 17.7 Å². The minimum absolute atomic E-state index is 0.239. The van der Waals surface area contributed by atoms with Crippen LogP contribution >= 0.6 is 0 Å². The largest absolute Gasteiger partial charge is 0.464 e. The maximum Gasteiger partial charge on any atom is 0.329 e. The summed E-state index contributed by atoms with van der Waals surface area (Å²) in [6, 6.07) is 5.92. The first-order valence-electron chi connectivity index (χ1n) is 8.77. The fourth-order valence-corrected chi connectivity index (χ4v) is 3.78. The summed E-state index contributed by atoms with van der Waals surface area (Å²) in [6.45, 7) is 1.97. The second-order valence-electron chi connectivity index (χ2n) is 6.53. The maximum atomic E-state index is 12.7. The van der Waals surface area contributed by atoms with E-state index in [0.717, 1.165) is 30.6 Å². The van der Waals surface area contributed by atoms with Gasteiger partial charge in [0.2, 0.25) is 0 Å². The highest BCUT2D eigenvalue weighted by Gasteiger charge is 2.44. The molecule has 0 saturated heterocycles. The molecule has 0 aromatic heterocycles. The first-order valence-corrected chi connectivity index (χ1v) is 8.77. The quantitative estimate of drug-likeness (QED) is 0.615. The van der Waals surface area contributed by atoms with Crippen molar-refractivity contribution < 1.29 is 19.1 Å². The number of rotatable bonds is 5. The standard InChI is InChI=1S/C19H23NO4/c1-2-24-19(23)16(12-13-8-4-3-5-9-13)20-17(21)14-10-6-7-11-15(14)18(20)22/h6-7,10-11,13,16H,2-5,8-9,12H2,1H3. The molecule has 1 aromatic carbocycles. The van der Waals surface area contributed by atoms with E-state index in [9.17, 15) is 14.4 Å². The lowest BCUT2D eigenvalue weighted by atomic mass is 9.84. The van der Waals surface area contributed by atoms with Crippen LogP contribution in [0.5, 0.6) is 0 Å². The van der Waals surface area contributed by atoms with Crippen molar-refractivity contribution in [2.24, 2.45) is 5.92 Å². The molecule has 0 bridgehead atoms. The van der Waals surface area contributed by atoms with E-state index in [4.69, 9.17) is 4.74 Å². The first-order chi connectivity index (χ1) is 11.6. The Labute approximate surface area is 142 Å². The van der Waals surface area contributed by atoms with Crippen LogP contribution in [0.15, 0.2) is 24.3 Å². The van der Waals surface area contributed by atoms with Crippen molar-refractivity contribution in [2.75, 3.05) is 6.61 Å². The van der Waals surface area contributed by atoms with Gasteiger partial charge in [-0.1, -0.05) is 44.2 Å². The fraction of sp³-hybridized carbons (Fsp3) is 0.526. The number of benzene rings is 1.